The first kappa shape index (κ1) is 16.4. The minimum Gasteiger partial charge on any atom is -0.383 e. The number of carbonyl (C=O) groups is 1. The lowest BCUT2D eigenvalue weighted by Crippen LogP contribution is -2.35. The van der Waals surface area contributed by atoms with Gasteiger partial charge in [0.1, 0.15) is 17.3 Å². The molecule has 4 nitrogen and oxygen atoms in total. The van der Waals surface area contributed by atoms with E-state index in [9.17, 15) is 13.6 Å². The summed E-state index contributed by atoms with van der Waals surface area (Å²) in [5.74, 6) is -2.08. The van der Waals surface area contributed by atoms with Gasteiger partial charge in [-0.25, -0.2) is 8.78 Å². The topological polar surface area (TPSA) is 50.4 Å². The second kappa shape index (κ2) is 7.79. The van der Waals surface area contributed by atoms with Gasteiger partial charge in [-0.3, -0.25) is 4.79 Å². The third-order valence-electron chi connectivity index (χ3n) is 2.65. The lowest BCUT2D eigenvalue weighted by Gasteiger charge is -2.14. The summed E-state index contributed by atoms with van der Waals surface area (Å²) in [6.07, 6.45) is 0.746. The predicted molar refractivity (Wildman–Crippen MR) is 73.9 cm³/mol. The SMILES string of the molecule is CCCNc1c(F)cc(C(=O)NC(C)COC)cc1F. The van der Waals surface area contributed by atoms with E-state index in [4.69, 9.17) is 4.74 Å². The third-order valence-corrected chi connectivity index (χ3v) is 2.65. The third kappa shape index (κ3) is 4.45. The van der Waals surface area contributed by atoms with Crippen LogP contribution in [0.25, 0.3) is 0 Å². The number of amides is 1. The van der Waals surface area contributed by atoms with Crippen LogP contribution in [0.2, 0.25) is 0 Å². The van der Waals surface area contributed by atoms with Gasteiger partial charge in [-0.15, -0.1) is 0 Å². The quantitative estimate of drug-likeness (QED) is 0.810. The molecule has 1 amide bonds. The highest BCUT2D eigenvalue weighted by atomic mass is 19.1. The van der Waals surface area contributed by atoms with E-state index in [1.165, 1.54) is 7.11 Å². The molecule has 0 fully saturated rings. The fraction of sp³-hybridized carbons (Fsp3) is 0.500. The number of rotatable bonds is 7. The molecule has 1 atom stereocenters. The summed E-state index contributed by atoms with van der Waals surface area (Å²) in [6.45, 7) is 4.42. The molecule has 0 radical (unpaired) electrons. The number of ether oxygens (including phenoxy) is 1. The van der Waals surface area contributed by atoms with E-state index < -0.39 is 17.5 Å². The molecule has 0 aliphatic carbocycles. The Morgan fingerprint density at radius 1 is 1.35 bits per heavy atom. The Hall–Kier alpha value is -1.69. The zero-order valence-electron chi connectivity index (χ0n) is 11.9. The molecular formula is C14H20F2N2O2. The van der Waals surface area contributed by atoms with E-state index in [0.717, 1.165) is 18.6 Å². The van der Waals surface area contributed by atoms with Crippen LogP contribution in [0.5, 0.6) is 0 Å². The highest BCUT2D eigenvalue weighted by Gasteiger charge is 2.16. The standard InChI is InChI=1S/C14H20F2N2O2/c1-4-5-17-13-11(15)6-10(7-12(13)16)14(19)18-9(2)8-20-3/h6-7,9,17H,4-5,8H2,1-3H3,(H,18,19). The average Bonchev–Trinajstić information content (AvgIpc) is 2.37. The number of hydrogen-bond acceptors (Lipinski definition) is 3. The first-order valence-corrected chi connectivity index (χ1v) is 6.52. The van der Waals surface area contributed by atoms with Crippen LogP contribution in [0, 0.1) is 11.6 Å². The van der Waals surface area contributed by atoms with Crippen molar-refractivity contribution in [2.24, 2.45) is 0 Å². The van der Waals surface area contributed by atoms with Crippen molar-refractivity contribution in [1.82, 2.24) is 5.32 Å². The van der Waals surface area contributed by atoms with Gasteiger partial charge >= 0.3 is 0 Å². The van der Waals surface area contributed by atoms with Crippen LogP contribution in [0.3, 0.4) is 0 Å². The smallest absolute Gasteiger partial charge is 0.251 e. The number of halogens is 2. The molecule has 0 aromatic heterocycles. The lowest BCUT2D eigenvalue weighted by atomic mass is 10.1. The maximum atomic E-state index is 13.8. The summed E-state index contributed by atoms with van der Waals surface area (Å²) in [7, 11) is 1.51. The number of carbonyl (C=O) groups excluding carboxylic acids is 1. The first-order chi connectivity index (χ1) is 9.49. The molecule has 112 valence electrons. The summed E-state index contributed by atoms with van der Waals surface area (Å²) < 4.78 is 32.4. The Bertz CT molecular complexity index is 443. The molecule has 1 aromatic rings. The summed E-state index contributed by atoms with van der Waals surface area (Å²) in [5.41, 5.74) is -0.252. The van der Waals surface area contributed by atoms with Crippen LogP contribution >= 0.6 is 0 Å². The van der Waals surface area contributed by atoms with Gasteiger partial charge < -0.3 is 15.4 Å². The summed E-state index contributed by atoms with van der Waals surface area (Å²) in [6, 6.07) is 1.81. The normalized spacial score (nSPS) is 12.1. The second-order valence-electron chi connectivity index (χ2n) is 4.57. The molecule has 0 spiro atoms. The Balaban J connectivity index is 2.84. The largest absolute Gasteiger partial charge is 0.383 e. The number of benzene rings is 1. The van der Waals surface area contributed by atoms with Crippen molar-refractivity contribution in [3.05, 3.63) is 29.3 Å². The van der Waals surface area contributed by atoms with Gasteiger partial charge in [-0.2, -0.15) is 0 Å². The Morgan fingerprint density at radius 2 is 1.95 bits per heavy atom. The maximum Gasteiger partial charge on any atom is 0.251 e. The van der Waals surface area contributed by atoms with Gasteiger partial charge in [-0.05, 0) is 25.5 Å². The molecule has 1 rings (SSSR count). The van der Waals surface area contributed by atoms with Gasteiger partial charge in [0.05, 0.1) is 6.61 Å². The van der Waals surface area contributed by atoms with Crippen molar-refractivity contribution < 1.29 is 18.3 Å². The summed E-state index contributed by atoms with van der Waals surface area (Å²) in [5, 5.41) is 5.25. The van der Waals surface area contributed by atoms with Crippen LogP contribution in [0.4, 0.5) is 14.5 Å². The Morgan fingerprint density at radius 3 is 2.45 bits per heavy atom. The molecule has 0 saturated carbocycles. The molecule has 0 heterocycles. The Labute approximate surface area is 117 Å². The molecule has 6 heteroatoms. The number of anilines is 1. The first-order valence-electron chi connectivity index (χ1n) is 6.52. The lowest BCUT2D eigenvalue weighted by molar-refractivity contribution is 0.0904. The number of nitrogens with one attached hydrogen (secondary N) is 2. The summed E-state index contributed by atoms with van der Waals surface area (Å²) >= 11 is 0. The van der Waals surface area contributed by atoms with Gasteiger partial charge in [0.15, 0.2) is 0 Å². The predicted octanol–water partition coefficient (Wildman–Crippen LogP) is 2.55. The van der Waals surface area contributed by atoms with E-state index in [1.54, 1.807) is 6.92 Å². The average molecular weight is 286 g/mol. The van der Waals surface area contributed by atoms with Gasteiger partial charge in [-0.1, -0.05) is 6.92 Å². The van der Waals surface area contributed by atoms with Crippen molar-refractivity contribution in [2.45, 2.75) is 26.3 Å². The van der Waals surface area contributed by atoms with Gasteiger partial charge in [0, 0.05) is 25.3 Å². The molecule has 0 bridgehead atoms. The van der Waals surface area contributed by atoms with Gasteiger partial charge in [0.25, 0.3) is 5.91 Å². The number of methoxy groups -OCH3 is 1. The summed E-state index contributed by atoms with van der Waals surface area (Å²) in [4.78, 5) is 11.8. The zero-order valence-corrected chi connectivity index (χ0v) is 11.9. The van der Waals surface area contributed by atoms with Crippen molar-refractivity contribution in [3.63, 3.8) is 0 Å². The van der Waals surface area contributed by atoms with Crippen LogP contribution in [-0.4, -0.2) is 32.2 Å². The van der Waals surface area contributed by atoms with Crippen molar-refractivity contribution in [1.29, 1.82) is 0 Å². The van der Waals surface area contributed by atoms with Crippen LogP contribution in [-0.2, 0) is 4.74 Å². The fourth-order valence-electron chi connectivity index (χ4n) is 1.72. The van der Waals surface area contributed by atoms with E-state index in [2.05, 4.69) is 10.6 Å². The van der Waals surface area contributed by atoms with Crippen LogP contribution in [0.15, 0.2) is 12.1 Å². The van der Waals surface area contributed by atoms with Gasteiger partial charge in [0.2, 0.25) is 0 Å². The Kier molecular flexibility index (Phi) is 6.38. The number of hydrogen-bond donors (Lipinski definition) is 2. The molecule has 0 saturated heterocycles. The van der Waals surface area contributed by atoms with E-state index in [0.29, 0.717) is 13.2 Å². The van der Waals surface area contributed by atoms with Crippen molar-refractivity contribution in [3.8, 4) is 0 Å². The molecule has 0 aliphatic rings. The van der Waals surface area contributed by atoms with Crippen LogP contribution in [0.1, 0.15) is 30.6 Å². The van der Waals surface area contributed by atoms with Crippen molar-refractivity contribution >= 4 is 11.6 Å². The second-order valence-corrected chi connectivity index (χ2v) is 4.57. The molecular weight excluding hydrogens is 266 g/mol. The van der Waals surface area contributed by atoms with E-state index in [-0.39, 0.29) is 17.3 Å². The maximum absolute atomic E-state index is 13.8. The molecule has 1 unspecified atom stereocenters. The van der Waals surface area contributed by atoms with Crippen LogP contribution < -0.4 is 10.6 Å². The molecule has 0 aliphatic heterocycles. The monoisotopic (exact) mass is 286 g/mol. The molecule has 2 N–H and O–H groups in total. The fourth-order valence-corrected chi connectivity index (χ4v) is 1.72. The minimum atomic E-state index is -0.775. The molecule has 20 heavy (non-hydrogen) atoms. The van der Waals surface area contributed by atoms with E-state index >= 15 is 0 Å². The molecule has 1 aromatic carbocycles. The minimum absolute atomic E-state index is 0.0509. The van der Waals surface area contributed by atoms with E-state index in [1.807, 2.05) is 6.92 Å². The van der Waals surface area contributed by atoms with Crippen molar-refractivity contribution in [2.75, 3.05) is 25.6 Å². The zero-order chi connectivity index (χ0) is 15.1. The highest BCUT2D eigenvalue weighted by Crippen LogP contribution is 2.20. The highest BCUT2D eigenvalue weighted by molar-refractivity contribution is 5.94.